The summed E-state index contributed by atoms with van der Waals surface area (Å²) in [4.78, 5) is 0. The van der Waals surface area contributed by atoms with Gasteiger partial charge in [-0.15, -0.1) is 0 Å². The van der Waals surface area contributed by atoms with Gasteiger partial charge in [0.05, 0.1) is 39.1 Å². The molecular formula is C28H45ClO5Si. The van der Waals surface area contributed by atoms with Crippen LogP contribution in [-0.4, -0.2) is 52.1 Å². The highest BCUT2D eigenvalue weighted by Crippen LogP contribution is 2.40. The number of halogens is 1. The van der Waals surface area contributed by atoms with Gasteiger partial charge in [0, 0.05) is 11.5 Å². The van der Waals surface area contributed by atoms with Gasteiger partial charge >= 0.3 is 0 Å². The van der Waals surface area contributed by atoms with E-state index < -0.39 is 8.32 Å². The van der Waals surface area contributed by atoms with Crippen molar-refractivity contribution < 1.29 is 23.7 Å². The first-order valence-corrected chi connectivity index (χ1v) is 15.9. The molecule has 1 aromatic rings. The molecule has 1 aliphatic heterocycles. The molecule has 1 aliphatic rings. The summed E-state index contributed by atoms with van der Waals surface area (Å²) in [7, 11) is -0.279. The van der Waals surface area contributed by atoms with Crippen LogP contribution in [0.1, 0.15) is 58.9 Å². The molecule has 0 aromatic heterocycles. The summed E-state index contributed by atoms with van der Waals surface area (Å²) in [5, 5.41) is 10.1. The normalized spacial score (nSPS) is 22.0. The molecule has 0 amide bonds. The smallest absolute Gasteiger partial charge is 0.192 e. The van der Waals surface area contributed by atoms with Gasteiger partial charge in [-0.1, -0.05) is 62.2 Å². The van der Waals surface area contributed by atoms with Crippen molar-refractivity contribution in [2.75, 3.05) is 20.3 Å². The van der Waals surface area contributed by atoms with Crippen molar-refractivity contribution in [2.45, 2.75) is 96.4 Å². The minimum atomic E-state index is -1.95. The first-order valence-electron chi connectivity index (χ1n) is 12.6. The van der Waals surface area contributed by atoms with Crippen molar-refractivity contribution in [3.8, 4) is 5.75 Å². The summed E-state index contributed by atoms with van der Waals surface area (Å²) in [6.45, 7) is 14.4. The van der Waals surface area contributed by atoms with Gasteiger partial charge in [-0.3, -0.25) is 0 Å². The number of rotatable bonds is 13. The van der Waals surface area contributed by atoms with Crippen LogP contribution < -0.4 is 4.74 Å². The molecular weight excluding hydrogens is 480 g/mol. The second-order valence-corrected chi connectivity index (χ2v) is 16.2. The lowest BCUT2D eigenvalue weighted by Gasteiger charge is -2.39. The minimum Gasteiger partial charge on any atom is -0.497 e. The Bertz CT molecular complexity index is 829. The summed E-state index contributed by atoms with van der Waals surface area (Å²) in [6.07, 6.45) is 7.24. The lowest BCUT2D eigenvalue weighted by Crippen LogP contribution is -2.46. The number of aliphatic hydroxyl groups is 1. The molecule has 7 heteroatoms. The number of hydrogen-bond donors (Lipinski definition) is 1. The summed E-state index contributed by atoms with van der Waals surface area (Å²) >= 11 is 6.45. The monoisotopic (exact) mass is 524 g/mol. The third-order valence-electron chi connectivity index (χ3n) is 7.00. The zero-order valence-corrected chi connectivity index (χ0v) is 24.4. The number of aliphatic hydroxyl groups excluding tert-OH is 1. The fraction of sp³-hybridized carbons (Fsp3) is 0.643. The fourth-order valence-electron chi connectivity index (χ4n) is 3.68. The summed E-state index contributed by atoms with van der Waals surface area (Å²) < 4.78 is 24.5. The predicted octanol–water partition coefficient (Wildman–Crippen LogP) is 6.99. The zero-order chi connectivity index (χ0) is 26.1. The number of hydrogen-bond acceptors (Lipinski definition) is 5. The van der Waals surface area contributed by atoms with E-state index in [1.54, 1.807) is 7.11 Å². The van der Waals surface area contributed by atoms with Gasteiger partial charge in [-0.25, -0.2) is 0 Å². The van der Waals surface area contributed by atoms with Gasteiger partial charge < -0.3 is 23.7 Å². The van der Waals surface area contributed by atoms with E-state index in [0.29, 0.717) is 13.2 Å². The van der Waals surface area contributed by atoms with Crippen LogP contribution in [0.15, 0.2) is 47.0 Å². The summed E-state index contributed by atoms with van der Waals surface area (Å²) in [5.74, 6) is 0.839. The summed E-state index contributed by atoms with van der Waals surface area (Å²) in [6, 6.07) is 7.93. The van der Waals surface area contributed by atoms with Crippen LogP contribution in [0.5, 0.6) is 5.75 Å². The van der Waals surface area contributed by atoms with Gasteiger partial charge in [0.1, 0.15) is 11.9 Å². The molecule has 1 heterocycles. The summed E-state index contributed by atoms with van der Waals surface area (Å²) in [5.41, 5.74) is 2.05. The first-order chi connectivity index (χ1) is 16.4. The van der Waals surface area contributed by atoms with E-state index in [1.807, 2.05) is 43.3 Å². The first kappa shape index (κ1) is 30.1. The Labute approximate surface area is 218 Å². The molecule has 0 saturated carbocycles. The highest BCUT2D eigenvalue weighted by atomic mass is 35.5. The molecule has 198 valence electrons. The van der Waals surface area contributed by atoms with E-state index in [0.717, 1.165) is 47.6 Å². The molecule has 1 N–H and O–H groups in total. The Balaban J connectivity index is 1.96. The number of benzene rings is 1. The number of methoxy groups -OCH3 is 1. The molecule has 2 rings (SSSR count). The lowest BCUT2D eigenvalue weighted by atomic mass is 10.1. The molecule has 35 heavy (non-hydrogen) atoms. The maximum absolute atomic E-state index is 9.11. The average molecular weight is 525 g/mol. The van der Waals surface area contributed by atoms with E-state index in [-0.39, 0.29) is 30.0 Å². The molecule has 5 nitrogen and oxygen atoms in total. The number of ether oxygens (including phenoxy) is 3. The third kappa shape index (κ3) is 10.0. The van der Waals surface area contributed by atoms with Crippen LogP contribution >= 0.6 is 11.6 Å². The quantitative estimate of drug-likeness (QED) is 0.222. The fourth-order valence-corrected chi connectivity index (χ4v) is 5.24. The van der Waals surface area contributed by atoms with E-state index in [4.69, 9.17) is 35.3 Å². The molecule has 0 bridgehead atoms. The van der Waals surface area contributed by atoms with Crippen molar-refractivity contribution in [1.29, 1.82) is 0 Å². The molecule has 1 aromatic carbocycles. The maximum Gasteiger partial charge on any atom is 0.192 e. The second kappa shape index (κ2) is 14.0. The lowest BCUT2D eigenvalue weighted by molar-refractivity contribution is -0.0468. The van der Waals surface area contributed by atoms with E-state index >= 15 is 0 Å². The Morgan fingerprint density at radius 2 is 1.89 bits per heavy atom. The third-order valence-corrected chi connectivity index (χ3v) is 11.8. The minimum absolute atomic E-state index is 0.0228. The topological polar surface area (TPSA) is 57.2 Å². The Morgan fingerprint density at radius 1 is 1.20 bits per heavy atom. The van der Waals surface area contributed by atoms with Crippen LogP contribution in [0.25, 0.3) is 0 Å². The molecule has 0 radical (unpaired) electrons. The van der Waals surface area contributed by atoms with Crippen molar-refractivity contribution in [3.05, 3.63) is 52.6 Å². The van der Waals surface area contributed by atoms with Crippen molar-refractivity contribution in [2.24, 2.45) is 0 Å². The zero-order valence-electron chi connectivity index (χ0n) is 22.6. The van der Waals surface area contributed by atoms with E-state index in [2.05, 4.69) is 33.9 Å². The Kier molecular flexibility index (Phi) is 12.0. The number of allylic oxidation sites excluding steroid dienone is 3. The second-order valence-electron chi connectivity index (χ2n) is 10.9. The van der Waals surface area contributed by atoms with Crippen molar-refractivity contribution >= 4 is 19.9 Å². The van der Waals surface area contributed by atoms with E-state index in [9.17, 15) is 0 Å². The van der Waals surface area contributed by atoms with Gasteiger partial charge in [0.2, 0.25) is 0 Å². The predicted molar refractivity (Wildman–Crippen MR) is 147 cm³/mol. The largest absolute Gasteiger partial charge is 0.497 e. The Hall–Kier alpha value is -1.15. The van der Waals surface area contributed by atoms with Crippen molar-refractivity contribution in [1.82, 2.24) is 0 Å². The van der Waals surface area contributed by atoms with Crippen LogP contribution in [0, 0.1) is 0 Å². The highest BCUT2D eigenvalue weighted by molar-refractivity contribution is 6.74. The Morgan fingerprint density at radius 3 is 2.49 bits per heavy atom. The average Bonchev–Trinajstić information content (AvgIpc) is 3.18. The standard InChI is InChI=1S/C28H45ClO5Si/c1-21(18-30)9-8-10-23(29)13-16-25-17-26(34-35(6,7)28(2,3)4)27(33-25)20-32-19-22-11-14-24(31-5)15-12-22/h9-12,14-15,25-27,30H,8,13,16-20H2,1-7H3/b21-9-,23-10-/t25-,26-,27-/m0/s1. The molecule has 1 saturated heterocycles. The van der Waals surface area contributed by atoms with Crippen molar-refractivity contribution in [3.63, 3.8) is 0 Å². The molecule has 0 unspecified atom stereocenters. The maximum atomic E-state index is 9.11. The van der Waals surface area contributed by atoms with Gasteiger partial charge in [-0.05, 0) is 62.0 Å². The molecule has 1 fully saturated rings. The van der Waals surface area contributed by atoms with Crippen LogP contribution in [0.2, 0.25) is 18.1 Å². The van der Waals surface area contributed by atoms with E-state index in [1.165, 1.54) is 0 Å². The molecule has 0 aliphatic carbocycles. The molecule has 0 spiro atoms. The van der Waals surface area contributed by atoms with Gasteiger partial charge in [0.15, 0.2) is 8.32 Å². The molecule has 3 atom stereocenters. The van der Waals surface area contributed by atoms with Gasteiger partial charge in [-0.2, -0.15) is 0 Å². The van der Waals surface area contributed by atoms with Crippen LogP contribution in [0.4, 0.5) is 0 Å². The SMILES string of the molecule is COc1ccc(COC[C@@H]2O[C@@H](CC/C(Cl)=C/C/C=C(/C)CO)C[C@@H]2O[Si](C)(C)C(C)(C)C)cc1. The van der Waals surface area contributed by atoms with Crippen LogP contribution in [0.3, 0.4) is 0 Å². The van der Waals surface area contributed by atoms with Gasteiger partial charge in [0.25, 0.3) is 0 Å². The highest BCUT2D eigenvalue weighted by Gasteiger charge is 2.44. The van der Waals surface area contributed by atoms with Crippen LogP contribution in [-0.2, 0) is 20.5 Å².